The molecule has 2 atom stereocenters. The van der Waals surface area contributed by atoms with E-state index in [0.717, 1.165) is 12.1 Å². The lowest BCUT2D eigenvalue weighted by Crippen LogP contribution is -2.27. The second-order valence-corrected chi connectivity index (χ2v) is 3.21. The van der Waals surface area contributed by atoms with Crippen molar-refractivity contribution in [1.29, 1.82) is 0 Å². The molecule has 0 bridgehead atoms. The van der Waals surface area contributed by atoms with Crippen LogP contribution in [0.1, 0.15) is 11.7 Å². The zero-order chi connectivity index (χ0) is 12.3. The summed E-state index contributed by atoms with van der Waals surface area (Å²) in [5.74, 6) is -0.787. The van der Waals surface area contributed by atoms with E-state index in [1.54, 1.807) is 0 Å². The van der Waals surface area contributed by atoms with Gasteiger partial charge >= 0.3 is 0 Å². The Hall–Kier alpha value is -1.57. The quantitative estimate of drug-likeness (QED) is 0.501. The Morgan fingerprint density at radius 1 is 1.50 bits per heavy atom. The van der Waals surface area contributed by atoms with Crippen LogP contribution >= 0.6 is 0 Å². The van der Waals surface area contributed by atoms with Crippen molar-refractivity contribution in [2.24, 2.45) is 5.73 Å². The number of aliphatic hydroxyl groups excluding tert-OH is 2. The van der Waals surface area contributed by atoms with Crippen LogP contribution in [0.2, 0.25) is 0 Å². The average Bonchev–Trinajstić information content (AvgIpc) is 2.26. The van der Waals surface area contributed by atoms with Crippen molar-refractivity contribution in [3.63, 3.8) is 0 Å². The Balaban J connectivity index is 3.17. The molecular weight excluding hydrogens is 219 g/mol. The summed E-state index contributed by atoms with van der Waals surface area (Å²) in [6.07, 6.45) is -2.84. The Bertz CT molecular complexity index is 399. The minimum atomic E-state index is -1.51. The first kappa shape index (κ1) is 12.5. The van der Waals surface area contributed by atoms with Crippen molar-refractivity contribution in [2.45, 2.75) is 12.2 Å². The minimum absolute atomic E-state index is 0.163. The van der Waals surface area contributed by atoms with Crippen LogP contribution in [0, 0.1) is 15.9 Å². The molecule has 2 unspecified atom stereocenters. The van der Waals surface area contributed by atoms with Crippen LogP contribution in [0.15, 0.2) is 18.2 Å². The highest BCUT2D eigenvalue weighted by Gasteiger charge is 2.25. The Morgan fingerprint density at radius 3 is 2.62 bits per heavy atom. The van der Waals surface area contributed by atoms with E-state index in [1.165, 1.54) is 0 Å². The lowest BCUT2D eigenvalue weighted by molar-refractivity contribution is -0.386. The summed E-state index contributed by atoms with van der Waals surface area (Å²) in [7, 11) is 0. The second kappa shape index (κ2) is 4.97. The number of nitro benzene ring substituents is 1. The van der Waals surface area contributed by atoms with Crippen LogP contribution in [-0.2, 0) is 0 Å². The zero-order valence-corrected chi connectivity index (χ0v) is 8.21. The first-order valence-corrected chi connectivity index (χ1v) is 4.47. The van der Waals surface area contributed by atoms with Crippen molar-refractivity contribution in [3.8, 4) is 0 Å². The van der Waals surface area contributed by atoms with Gasteiger partial charge < -0.3 is 15.9 Å². The average molecular weight is 230 g/mol. The lowest BCUT2D eigenvalue weighted by Gasteiger charge is -2.16. The molecule has 88 valence electrons. The molecule has 0 aliphatic carbocycles. The van der Waals surface area contributed by atoms with Gasteiger partial charge in [0.2, 0.25) is 0 Å². The third-order valence-corrected chi connectivity index (χ3v) is 2.11. The van der Waals surface area contributed by atoms with Gasteiger partial charge in [-0.05, 0) is 12.1 Å². The molecule has 4 N–H and O–H groups in total. The van der Waals surface area contributed by atoms with E-state index in [9.17, 15) is 24.7 Å². The van der Waals surface area contributed by atoms with Crippen LogP contribution in [0.25, 0.3) is 0 Å². The first-order chi connectivity index (χ1) is 7.47. The molecule has 0 amide bonds. The van der Waals surface area contributed by atoms with E-state index < -0.39 is 28.6 Å². The van der Waals surface area contributed by atoms with Crippen molar-refractivity contribution < 1.29 is 19.5 Å². The van der Waals surface area contributed by atoms with Crippen molar-refractivity contribution in [1.82, 2.24) is 0 Å². The summed E-state index contributed by atoms with van der Waals surface area (Å²) >= 11 is 0. The largest absolute Gasteiger partial charge is 0.389 e. The molecule has 7 heteroatoms. The van der Waals surface area contributed by atoms with Gasteiger partial charge in [0.15, 0.2) is 0 Å². The first-order valence-electron chi connectivity index (χ1n) is 4.47. The molecule has 0 aromatic heterocycles. The maximum Gasteiger partial charge on any atom is 0.278 e. The van der Waals surface area contributed by atoms with Gasteiger partial charge in [-0.3, -0.25) is 10.1 Å². The van der Waals surface area contributed by atoms with Gasteiger partial charge in [-0.1, -0.05) is 0 Å². The molecule has 0 radical (unpaired) electrons. The highest BCUT2D eigenvalue weighted by Crippen LogP contribution is 2.27. The van der Waals surface area contributed by atoms with Crippen LogP contribution in [0.4, 0.5) is 10.1 Å². The third-order valence-electron chi connectivity index (χ3n) is 2.11. The number of halogens is 1. The third kappa shape index (κ3) is 2.51. The summed E-state index contributed by atoms with van der Waals surface area (Å²) in [5, 5.41) is 29.4. The number of nitrogens with zero attached hydrogens (tertiary/aromatic N) is 1. The Labute approximate surface area is 90.3 Å². The van der Waals surface area contributed by atoms with Gasteiger partial charge in [-0.15, -0.1) is 0 Å². The van der Waals surface area contributed by atoms with Crippen LogP contribution in [-0.4, -0.2) is 27.8 Å². The van der Waals surface area contributed by atoms with Crippen molar-refractivity contribution >= 4 is 5.69 Å². The topological polar surface area (TPSA) is 110 Å². The Kier molecular flexibility index (Phi) is 3.88. The standard InChI is InChI=1S/C9H11FN2O4/c10-5-1-2-6(7(3-5)12(15)16)9(14)8(13)4-11/h1-3,8-9,13-14H,4,11H2. The summed E-state index contributed by atoms with van der Waals surface area (Å²) in [5.41, 5.74) is 4.37. The van der Waals surface area contributed by atoms with Gasteiger partial charge in [0.25, 0.3) is 5.69 Å². The maximum absolute atomic E-state index is 12.8. The highest BCUT2D eigenvalue weighted by atomic mass is 19.1. The van der Waals surface area contributed by atoms with Gasteiger partial charge in [0.1, 0.15) is 11.9 Å². The van der Waals surface area contributed by atoms with Gasteiger partial charge in [-0.25, -0.2) is 4.39 Å². The number of benzene rings is 1. The molecule has 0 fully saturated rings. The normalized spacial score (nSPS) is 14.5. The lowest BCUT2D eigenvalue weighted by atomic mass is 10.0. The minimum Gasteiger partial charge on any atom is -0.389 e. The number of nitrogens with two attached hydrogens (primary N) is 1. The maximum atomic E-state index is 12.8. The SMILES string of the molecule is NCC(O)C(O)c1ccc(F)cc1[N+](=O)[O-]. The van der Waals surface area contributed by atoms with E-state index >= 15 is 0 Å². The Morgan fingerprint density at radius 2 is 2.12 bits per heavy atom. The smallest absolute Gasteiger partial charge is 0.278 e. The molecule has 0 spiro atoms. The predicted molar refractivity (Wildman–Crippen MR) is 53.1 cm³/mol. The van der Waals surface area contributed by atoms with E-state index in [4.69, 9.17) is 5.73 Å². The summed E-state index contributed by atoms with van der Waals surface area (Å²) in [6, 6.07) is 2.70. The summed E-state index contributed by atoms with van der Waals surface area (Å²) in [4.78, 5) is 9.78. The monoisotopic (exact) mass is 230 g/mol. The predicted octanol–water partition coefficient (Wildman–Crippen LogP) is 0.0869. The van der Waals surface area contributed by atoms with E-state index in [2.05, 4.69) is 0 Å². The molecule has 0 heterocycles. The van der Waals surface area contributed by atoms with Crippen LogP contribution in [0.5, 0.6) is 0 Å². The van der Waals surface area contributed by atoms with Gasteiger partial charge in [0.05, 0.1) is 22.7 Å². The molecule has 1 aromatic rings. The fourth-order valence-corrected chi connectivity index (χ4v) is 1.26. The molecule has 0 saturated carbocycles. The highest BCUT2D eigenvalue weighted by molar-refractivity contribution is 5.42. The molecule has 1 rings (SSSR count). The molecule has 0 saturated heterocycles. The molecular formula is C9H11FN2O4. The van der Waals surface area contributed by atoms with E-state index in [-0.39, 0.29) is 12.1 Å². The molecule has 1 aromatic carbocycles. The summed E-state index contributed by atoms with van der Waals surface area (Å²) in [6.45, 7) is -0.254. The van der Waals surface area contributed by atoms with Gasteiger partial charge in [0, 0.05) is 6.54 Å². The number of rotatable bonds is 4. The zero-order valence-electron chi connectivity index (χ0n) is 8.21. The van der Waals surface area contributed by atoms with Crippen molar-refractivity contribution in [3.05, 3.63) is 39.7 Å². The van der Waals surface area contributed by atoms with Gasteiger partial charge in [-0.2, -0.15) is 0 Å². The molecule has 6 nitrogen and oxygen atoms in total. The second-order valence-electron chi connectivity index (χ2n) is 3.21. The van der Waals surface area contributed by atoms with Crippen molar-refractivity contribution in [2.75, 3.05) is 6.54 Å². The molecule has 16 heavy (non-hydrogen) atoms. The number of hydrogen-bond donors (Lipinski definition) is 3. The van der Waals surface area contributed by atoms with E-state index in [1.807, 2.05) is 0 Å². The fraction of sp³-hybridized carbons (Fsp3) is 0.333. The van der Waals surface area contributed by atoms with Crippen LogP contribution in [0.3, 0.4) is 0 Å². The molecule has 0 aliphatic heterocycles. The van der Waals surface area contributed by atoms with E-state index in [0.29, 0.717) is 6.07 Å². The number of aliphatic hydroxyl groups is 2. The molecule has 0 aliphatic rings. The summed E-state index contributed by atoms with van der Waals surface area (Å²) < 4.78 is 12.8. The number of nitro groups is 1. The number of hydrogen-bond acceptors (Lipinski definition) is 5. The van der Waals surface area contributed by atoms with Crippen LogP contribution < -0.4 is 5.73 Å². The fourth-order valence-electron chi connectivity index (χ4n) is 1.26.